The van der Waals surface area contributed by atoms with Crippen molar-refractivity contribution in [3.8, 4) is 0 Å². The van der Waals surface area contributed by atoms with Gasteiger partial charge in [-0.3, -0.25) is 14.4 Å². The highest BCUT2D eigenvalue weighted by atomic mass is 16.7. The summed E-state index contributed by atoms with van der Waals surface area (Å²) in [6.07, 6.45) is 1.73. The van der Waals surface area contributed by atoms with E-state index in [1.807, 2.05) is 6.07 Å². The molecule has 1 atom stereocenters. The molecule has 4 amide bonds. The molecule has 1 aliphatic heterocycles. The first-order valence-corrected chi connectivity index (χ1v) is 11.4. The minimum Gasteiger partial charge on any atom is -0.444 e. The van der Waals surface area contributed by atoms with Crippen molar-refractivity contribution in [2.45, 2.75) is 77.4 Å². The predicted molar refractivity (Wildman–Crippen MR) is 122 cm³/mol. The van der Waals surface area contributed by atoms with Crippen LogP contribution in [0, 0.1) is 0 Å². The SMILES string of the molecule is CC(C)(C)OC(=O)NCCCCCC(=O)N[C@@H](Cc1ccccc1)C(=O)ON1C(=O)CCC1=O. The zero-order chi connectivity index (χ0) is 25.1. The molecule has 1 aromatic carbocycles. The average molecular weight is 476 g/mol. The van der Waals surface area contributed by atoms with E-state index in [0.717, 1.165) is 5.56 Å². The highest BCUT2D eigenvalue weighted by Crippen LogP contribution is 2.14. The maximum Gasteiger partial charge on any atom is 0.407 e. The number of carbonyl (C=O) groups is 5. The zero-order valence-electron chi connectivity index (χ0n) is 19.9. The molecule has 10 nitrogen and oxygen atoms in total. The van der Waals surface area contributed by atoms with Gasteiger partial charge in [0.2, 0.25) is 5.91 Å². The molecule has 34 heavy (non-hydrogen) atoms. The Balaban J connectivity index is 1.80. The quantitative estimate of drug-likeness (QED) is 0.371. The number of rotatable bonds is 11. The Morgan fingerprint density at radius 1 is 1.00 bits per heavy atom. The fourth-order valence-electron chi connectivity index (χ4n) is 3.21. The van der Waals surface area contributed by atoms with Gasteiger partial charge in [-0.2, -0.15) is 0 Å². The number of alkyl carbamates (subject to hydrolysis) is 1. The van der Waals surface area contributed by atoms with E-state index in [4.69, 9.17) is 9.57 Å². The van der Waals surface area contributed by atoms with Crippen molar-refractivity contribution in [1.82, 2.24) is 15.7 Å². The summed E-state index contributed by atoms with van der Waals surface area (Å²) < 4.78 is 5.15. The predicted octanol–water partition coefficient (Wildman–Crippen LogP) is 2.41. The minimum absolute atomic E-state index is 0.00932. The summed E-state index contributed by atoms with van der Waals surface area (Å²) in [4.78, 5) is 65.3. The number of benzene rings is 1. The maximum absolute atomic E-state index is 12.7. The lowest BCUT2D eigenvalue weighted by Crippen LogP contribution is -2.46. The van der Waals surface area contributed by atoms with Crippen molar-refractivity contribution < 1.29 is 33.5 Å². The molecule has 10 heteroatoms. The third-order valence-electron chi connectivity index (χ3n) is 4.84. The first-order chi connectivity index (χ1) is 16.0. The molecule has 2 N–H and O–H groups in total. The highest BCUT2D eigenvalue weighted by Gasteiger charge is 2.35. The van der Waals surface area contributed by atoms with E-state index in [1.54, 1.807) is 45.0 Å². The molecule has 0 aliphatic carbocycles. The largest absolute Gasteiger partial charge is 0.444 e. The Morgan fingerprint density at radius 2 is 1.65 bits per heavy atom. The highest BCUT2D eigenvalue weighted by molar-refractivity contribution is 6.02. The summed E-state index contributed by atoms with van der Waals surface area (Å²) >= 11 is 0. The summed E-state index contributed by atoms with van der Waals surface area (Å²) in [5, 5.41) is 5.79. The van der Waals surface area contributed by atoms with Crippen LogP contribution in [0.2, 0.25) is 0 Å². The van der Waals surface area contributed by atoms with Crippen LogP contribution in [0.1, 0.15) is 64.9 Å². The van der Waals surface area contributed by atoms with Crippen LogP contribution in [0.5, 0.6) is 0 Å². The summed E-state index contributed by atoms with van der Waals surface area (Å²) in [7, 11) is 0. The molecule has 0 radical (unpaired) electrons. The smallest absolute Gasteiger partial charge is 0.407 e. The van der Waals surface area contributed by atoms with Crippen molar-refractivity contribution in [2.75, 3.05) is 6.54 Å². The number of hydrogen-bond acceptors (Lipinski definition) is 7. The molecule has 186 valence electrons. The number of nitrogens with zero attached hydrogens (tertiary/aromatic N) is 1. The van der Waals surface area contributed by atoms with E-state index in [1.165, 1.54) is 0 Å². The second-order valence-electron chi connectivity index (χ2n) is 9.04. The van der Waals surface area contributed by atoms with Crippen LogP contribution >= 0.6 is 0 Å². The second kappa shape index (κ2) is 12.7. The molecule has 1 heterocycles. The Labute approximate surface area is 199 Å². The molecular weight excluding hydrogens is 442 g/mol. The van der Waals surface area contributed by atoms with Crippen molar-refractivity contribution in [3.05, 3.63) is 35.9 Å². The molecule has 0 unspecified atom stereocenters. The fraction of sp³-hybridized carbons (Fsp3) is 0.542. The molecular formula is C24H33N3O7. The molecule has 0 saturated carbocycles. The summed E-state index contributed by atoms with van der Waals surface area (Å²) in [5.41, 5.74) is 0.228. The van der Waals surface area contributed by atoms with Crippen LogP contribution in [-0.2, 0) is 35.2 Å². The van der Waals surface area contributed by atoms with Gasteiger partial charge in [-0.1, -0.05) is 36.8 Å². The summed E-state index contributed by atoms with van der Waals surface area (Å²) in [6.45, 7) is 5.78. The number of imide groups is 1. The van der Waals surface area contributed by atoms with Gasteiger partial charge < -0.3 is 20.2 Å². The first kappa shape index (κ1) is 26.8. The molecule has 1 aromatic rings. The molecule has 2 rings (SSSR count). The van der Waals surface area contributed by atoms with E-state index in [9.17, 15) is 24.0 Å². The van der Waals surface area contributed by atoms with Gasteiger partial charge >= 0.3 is 12.1 Å². The number of unbranched alkanes of at least 4 members (excludes halogenated alkanes) is 2. The van der Waals surface area contributed by atoms with Gasteiger partial charge in [-0.05, 0) is 39.2 Å². The molecule has 1 saturated heterocycles. The van der Waals surface area contributed by atoms with Gasteiger partial charge in [-0.15, -0.1) is 5.06 Å². The first-order valence-electron chi connectivity index (χ1n) is 11.4. The molecule has 0 aromatic heterocycles. The minimum atomic E-state index is -1.05. The Kier molecular flexibility index (Phi) is 10.0. The van der Waals surface area contributed by atoms with Crippen LogP contribution in [0.25, 0.3) is 0 Å². The summed E-state index contributed by atoms with van der Waals surface area (Å²) in [5.74, 6) is -2.38. The van der Waals surface area contributed by atoms with Crippen LogP contribution in [0.15, 0.2) is 30.3 Å². The molecule has 1 fully saturated rings. The van der Waals surface area contributed by atoms with E-state index >= 15 is 0 Å². The third kappa shape index (κ3) is 9.60. The van der Waals surface area contributed by atoms with Crippen molar-refractivity contribution in [3.63, 3.8) is 0 Å². The number of hydroxylamine groups is 2. The zero-order valence-corrected chi connectivity index (χ0v) is 19.9. The van der Waals surface area contributed by atoms with Crippen LogP contribution < -0.4 is 10.6 Å². The van der Waals surface area contributed by atoms with Gasteiger partial charge in [0.1, 0.15) is 11.6 Å². The normalized spacial score (nSPS) is 14.5. The number of nitrogens with one attached hydrogen (secondary N) is 2. The van der Waals surface area contributed by atoms with Crippen molar-refractivity contribution >= 4 is 29.8 Å². The van der Waals surface area contributed by atoms with E-state index in [-0.39, 0.29) is 31.6 Å². The lowest BCUT2D eigenvalue weighted by atomic mass is 10.1. The van der Waals surface area contributed by atoms with Gasteiger partial charge in [0.25, 0.3) is 11.8 Å². The van der Waals surface area contributed by atoms with Crippen LogP contribution in [-0.4, -0.2) is 53.0 Å². The fourth-order valence-corrected chi connectivity index (χ4v) is 3.21. The Morgan fingerprint density at radius 3 is 2.26 bits per heavy atom. The standard InChI is InChI=1S/C24H33N3O7/c1-24(2,3)33-23(32)25-15-9-5-8-12-19(28)26-18(16-17-10-6-4-7-11-17)22(31)34-27-20(29)13-14-21(27)30/h4,6-7,10-11,18H,5,8-9,12-16H2,1-3H3,(H,25,32)(H,26,28)/t18-/m0/s1. The van der Waals surface area contributed by atoms with E-state index < -0.39 is 35.5 Å². The average Bonchev–Trinajstić information content (AvgIpc) is 3.07. The topological polar surface area (TPSA) is 131 Å². The summed E-state index contributed by atoms with van der Waals surface area (Å²) in [6, 6.07) is 7.99. The van der Waals surface area contributed by atoms with E-state index in [2.05, 4.69) is 10.6 Å². The molecule has 0 bridgehead atoms. The van der Waals surface area contributed by atoms with Gasteiger partial charge in [-0.25, -0.2) is 9.59 Å². The van der Waals surface area contributed by atoms with Crippen molar-refractivity contribution in [2.24, 2.45) is 0 Å². The number of hydrogen-bond donors (Lipinski definition) is 2. The van der Waals surface area contributed by atoms with Gasteiger partial charge in [0.05, 0.1) is 0 Å². The maximum atomic E-state index is 12.7. The second-order valence-corrected chi connectivity index (χ2v) is 9.04. The van der Waals surface area contributed by atoms with Crippen LogP contribution in [0.4, 0.5) is 4.79 Å². The molecule has 1 aliphatic rings. The van der Waals surface area contributed by atoms with E-state index in [0.29, 0.717) is 30.9 Å². The van der Waals surface area contributed by atoms with Gasteiger partial charge in [0.15, 0.2) is 0 Å². The lowest BCUT2D eigenvalue weighted by Gasteiger charge is -2.20. The van der Waals surface area contributed by atoms with Crippen LogP contribution in [0.3, 0.4) is 0 Å². The molecule has 0 spiro atoms. The Hall–Kier alpha value is -3.43. The third-order valence-corrected chi connectivity index (χ3v) is 4.84. The number of ether oxygens (including phenoxy) is 1. The lowest BCUT2D eigenvalue weighted by molar-refractivity contribution is -0.199. The number of amides is 4. The van der Waals surface area contributed by atoms with Crippen molar-refractivity contribution in [1.29, 1.82) is 0 Å². The monoisotopic (exact) mass is 475 g/mol. The number of carbonyl (C=O) groups excluding carboxylic acids is 5. The Bertz CT molecular complexity index is 864. The van der Waals surface area contributed by atoms with Gasteiger partial charge in [0, 0.05) is 32.2 Å².